The number of fused-ring (bicyclic) bond motifs is 1. The summed E-state index contributed by atoms with van der Waals surface area (Å²) in [6.07, 6.45) is 1.58. The number of nitrogens with one attached hydrogen (secondary N) is 1. The van der Waals surface area contributed by atoms with E-state index in [0.717, 1.165) is 27.7 Å². The molecular weight excluding hydrogens is 322 g/mol. The van der Waals surface area contributed by atoms with Gasteiger partial charge in [-0.15, -0.1) is 0 Å². The molecule has 4 nitrogen and oxygen atoms in total. The van der Waals surface area contributed by atoms with Gasteiger partial charge < -0.3 is 10.1 Å². The average molecular weight is 338 g/mol. The van der Waals surface area contributed by atoms with Gasteiger partial charge >= 0.3 is 0 Å². The lowest BCUT2D eigenvalue weighted by Gasteiger charge is -2.12. The van der Waals surface area contributed by atoms with Crippen LogP contribution in [0.4, 0.5) is 5.69 Å². The van der Waals surface area contributed by atoms with Gasteiger partial charge in [-0.2, -0.15) is 5.26 Å². The van der Waals surface area contributed by atoms with Crippen LogP contribution in [0.1, 0.15) is 16.7 Å². The molecule has 120 valence electrons. The summed E-state index contributed by atoms with van der Waals surface area (Å²) >= 11 is 6.10. The molecule has 0 unspecified atom stereocenters. The Hall–Kier alpha value is -2.61. The first-order chi connectivity index (χ1) is 11.7. The zero-order valence-electron chi connectivity index (χ0n) is 13.2. The van der Waals surface area contributed by atoms with E-state index in [1.54, 1.807) is 19.4 Å². The highest BCUT2D eigenvalue weighted by Gasteiger charge is 2.09. The van der Waals surface area contributed by atoms with Gasteiger partial charge in [0.05, 0.1) is 23.4 Å². The van der Waals surface area contributed by atoms with Crippen molar-refractivity contribution in [3.05, 3.63) is 70.4 Å². The molecule has 5 heteroatoms. The molecule has 0 aliphatic heterocycles. The average Bonchev–Trinajstić information content (AvgIpc) is 2.61. The van der Waals surface area contributed by atoms with Gasteiger partial charge in [-0.05, 0) is 29.3 Å². The number of hydrogen-bond donors (Lipinski definition) is 1. The van der Waals surface area contributed by atoms with E-state index in [1.165, 1.54) is 0 Å². The monoisotopic (exact) mass is 337 g/mol. The van der Waals surface area contributed by atoms with Crippen molar-refractivity contribution in [2.24, 2.45) is 0 Å². The predicted molar refractivity (Wildman–Crippen MR) is 95.9 cm³/mol. The van der Waals surface area contributed by atoms with Crippen molar-refractivity contribution in [1.82, 2.24) is 4.98 Å². The van der Waals surface area contributed by atoms with E-state index in [1.807, 2.05) is 36.4 Å². The summed E-state index contributed by atoms with van der Waals surface area (Å²) in [4.78, 5) is 4.31. The molecule has 0 spiro atoms. The summed E-state index contributed by atoms with van der Waals surface area (Å²) in [7, 11) is 1.68. The number of ether oxygens (including phenoxy) is 1. The van der Waals surface area contributed by atoms with Gasteiger partial charge in [0, 0.05) is 30.3 Å². The number of benzene rings is 2. The number of nitrogens with zero attached hydrogens (tertiary/aromatic N) is 2. The molecule has 0 bridgehead atoms. The minimum absolute atomic E-state index is 0.501. The largest absolute Gasteiger partial charge is 0.380 e. The second kappa shape index (κ2) is 7.31. The van der Waals surface area contributed by atoms with Gasteiger partial charge in [-0.1, -0.05) is 35.9 Å². The van der Waals surface area contributed by atoms with Crippen molar-refractivity contribution < 1.29 is 4.74 Å². The minimum atomic E-state index is 0.501. The molecule has 1 heterocycles. The fourth-order valence-electron chi connectivity index (χ4n) is 2.55. The first-order valence-corrected chi connectivity index (χ1v) is 7.88. The second-order valence-corrected chi connectivity index (χ2v) is 5.86. The molecule has 1 N–H and O–H groups in total. The quantitative estimate of drug-likeness (QED) is 0.743. The lowest BCUT2D eigenvalue weighted by atomic mass is 10.1. The maximum atomic E-state index is 9.36. The topological polar surface area (TPSA) is 57.9 Å². The highest BCUT2D eigenvalue weighted by molar-refractivity contribution is 6.31. The Morgan fingerprint density at radius 3 is 2.62 bits per heavy atom. The molecule has 0 aliphatic rings. The van der Waals surface area contributed by atoms with Crippen LogP contribution < -0.4 is 5.32 Å². The fourth-order valence-corrected chi connectivity index (χ4v) is 2.72. The van der Waals surface area contributed by atoms with Crippen LogP contribution in [0.15, 0.2) is 48.7 Å². The second-order valence-electron chi connectivity index (χ2n) is 5.42. The Bertz CT molecular complexity index is 901. The summed E-state index contributed by atoms with van der Waals surface area (Å²) in [6.45, 7) is 1.20. The Morgan fingerprint density at radius 1 is 1.17 bits per heavy atom. The molecule has 3 aromatic rings. The number of methoxy groups -OCH3 is 1. The van der Waals surface area contributed by atoms with Crippen molar-refractivity contribution in [3.8, 4) is 6.07 Å². The van der Waals surface area contributed by atoms with Gasteiger partial charge in [-0.3, -0.25) is 4.98 Å². The van der Waals surface area contributed by atoms with E-state index in [0.29, 0.717) is 23.7 Å². The van der Waals surface area contributed by atoms with E-state index < -0.39 is 0 Å². The molecule has 0 aliphatic carbocycles. The van der Waals surface area contributed by atoms with E-state index in [9.17, 15) is 5.26 Å². The van der Waals surface area contributed by atoms with E-state index >= 15 is 0 Å². The third-order valence-electron chi connectivity index (χ3n) is 3.75. The third kappa shape index (κ3) is 3.48. The molecule has 0 radical (unpaired) electrons. The lowest BCUT2D eigenvalue weighted by molar-refractivity contribution is 0.185. The number of nitriles is 1. The molecule has 0 saturated carbocycles. The number of pyridine rings is 1. The molecule has 2 aromatic carbocycles. The molecular formula is C19H16ClN3O. The van der Waals surface area contributed by atoms with Gasteiger partial charge in [0.1, 0.15) is 6.07 Å². The van der Waals surface area contributed by atoms with Crippen LogP contribution in [0.3, 0.4) is 0 Å². The van der Waals surface area contributed by atoms with E-state index in [2.05, 4.69) is 16.4 Å². The molecule has 0 saturated heterocycles. The first-order valence-electron chi connectivity index (χ1n) is 7.50. The van der Waals surface area contributed by atoms with Crippen LogP contribution in [-0.4, -0.2) is 12.1 Å². The summed E-state index contributed by atoms with van der Waals surface area (Å²) in [5.74, 6) is 0. The minimum Gasteiger partial charge on any atom is -0.380 e. The molecule has 0 atom stereocenters. The first kappa shape index (κ1) is 16.3. The van der Waals surface area contributed by atoms with E-state index in [-0.39, 0.29) is 0 Å². The SMILES string of the molecule is COCc1ccc(CNc2c(C#N)cnc3ccc(Cl)cc23)cc1. The van der Waals surface area contributed by atoms with Gasteiger partial charge in [-0.25, -0.2) is 0 Å². The molecule has 0 fully saturated rings. The van der Waals surface area contributed by atoms with Gasteiger partial charge in [0.25, 0.3) is 0 Å². The number of rotatable bonds is 5. The molecule has 0 amide bonds. The summed E-state index contributed by atoms with van der Waals surface area (Å²) in [6, 6.07) is 15.8. The number of hydrogen-bond acceptors (Lipinski definition) is 4. The van der Waals surface area contributed by atoms with Crippen LogP contribution in [0.25, 0.3) is 10.9 Å². The number of halogens is 1. The highest BCUT2D eigenvalue weighted by atomic mass is 35.5. The van der Waals surface area contributed by atoms with Crippen LogP contribution in [0, 0.1) is 11.3 Å². The van der Waals surface area contributed by atoms with Gasteiger partial charge in [0.2, 0.25) is 0 Å². The van der Waals surface area contributed by atoms with Crippen LogP contribution in [0.5, 0.6) is 0 Å². The van der Waals surface area contributed by atoms with Crippen molar-refractivity contribution in [2.75, 3.05) is 12.4 Å². The zero-order chi connectivity index (χ0) is 16.9. The lowest BCUT2D eigenvalue weighted by Crippen LogP contribution is -2.03. The maximum Gasteiger partial charge on any atom is 0.103 e. The van der Waals surface area contributed by atoms with Crippen molar-refractivity contribution in [3.63, 3.8) is 0 Å². The predicted octanol–water partition coefficient (Wildman–Crippen LogP) is 4.52. The summed E-state index contributed by atoms with van der Waals surface area (Å²) in [5, 5.41) is 14.2. The standard InChI is InChI=1S/C19H16ClN3O/c1-24-12-14-4-2-13(3-5-14)10-23-19-15(9-21)11-22-18-7-6-16(20)8-17(18)19/h2-8,11H,10,12H2,1H3,(H,22,23). The fraction of sp³-hybridized carbons (Fsp3) is 0.158. The highest BCUT2D eigenvalue weighted by Crippen LogP contribution is 2.28. The van der Waals surface area contributed by atoms with Crippen molar-refractivity contribution in [1.29, 1.82) is 5.26 Å². The van der Waals surface area contributed by atoms with Crippen molar-refractivity contribution >= 4 is 28.2 Å². The van der Waals surface area contributed by atoms with Crippen LogP contribution >= 0.6 is 11.6 Å². The van der Waals surface area contributed by atoms with E-state index in [4.69, 9.17) is 16.3 Å². The molecule has 1 aromatic heterocycles. The Balaban J connectivity index is 1.88. The van der Waals surface area contributed by atoms with Crippen molar-refractivity contribution in [2.45, 2.75) is 13.2 Å². The Morgan fingerprint density at radius 2 is 1.92 bits per heavy atom. The summed E-state index contributed by atoms with van der Waals surface area (Å²) < 4.78 is 5.12. The molecule has 24 heavy (non-hydrogen) atoms. The normalized spacial score (nSPS) is 10.5. The molecule has 3 rings (SSSR count). The van der Waals surface area contributed by atoms with Gasteiger partial charge in [0.15, 0.2) is 0 Å². The third-order valence-corrected chi connectivity index (χ3v) is 3.99. The Kier molecular flexibility index (Phi) is 4.95. The van der Waals surface area contributed by atoms with Crippen LogP contribution in [0.2, 0.25) is 5.02 Å². The van der Waals surface area contributed by atoms with Crippen LogP contribution in [-0.2, 0) is 17.9 Å². The maximum absolute atomic E-state index is 9.36. The smallest absolute Gasteiger partial charge is 0.103 e. The summed E-state index contributed by atoms with van der Waals surface area (Å²) in [5.41, 5.74) is 4.30. The zero-order valence-corrected chi connectivity index (χ0v) is 14.0. The number of aromatic nitrogens is 1. The number of anilines is 1. The Labute approximate surface area is 145 Å².